The summed E-state index contributed by atoms with van der Waals surface area (Å²) in [5.74, 6) is 0.0238. The third-order valence-corrected chi connectivity index (χ3v) is 5.17. The normalized spacial score (nSPS) is 11.4. The van der Waals surface area contributed by atoms with E-state index in [2.05, 4.69) is 60.2 Å². The summed E-state index contributed by atoms with van der Waals surface area (Å²) in [6.45, 7) is 4.97. The first-order chi connectivity index (χ1) is 13.6. The van der Waals surface area contributed by atoms with E-state index in [4.69, 9.17) is 0 Å². The molecule has 2 heteroatoms. The highest BCUT2D eigenvalue weighted by molar-refractivity contribution is 6.07. The van der Waals surface area contributed by atoms with Crippen molar-refractivity contribution < 1.29 is 4.79 Å². The first-order valence-electron chi connectivity index (χ1n) is 9.53. The standard InChI is InChI=1S/C26H23NO/c1-19-11-13-21(14-12-19)26(28)16-15-23-18-27(25-10-6-5-9-24(23)25)17-22-8-4-3-7-20(22)2/h3-16,18H,17H2,1-2H3/b16-15+. The Bertz CT molecular complexity index is 1160. The van der Waals surface area contributed by atoms with E-state index in [0.717, 1.165) is 23.1 Å². The first-order valence-corrected chi connectivity index (χ1v) is 9.53. The fourth-order valence-electron chi connectivity index (χ4n) is 3.49. The van der Waals surface area contributed by atoms with Gasteiger partial charge in [-0.1, -0.05) is 72.3 Å². The molecule has 0 N–H and O–H groups in total. The Labute approximate surface area is 165 Å². The number of benzene rings is 3. The number of ketones is 1. The summed E-state index contributed by atoms with van der Waals surface area (Å²) in [5, 5.41) is 1.16. The Morgan fingerprint density at radius 3 is 2.39 bits per heavy atom. The third-order valence-electron chi connectivity index (χ3n) is 5.17. The third kappa shape index (κ3) is 3.67. The zero-order valence-electron chi connectivity index (χ0n) is 16.2. The Kier molecular flexibility index (Phi) is 4.94. The van der Waals surface area contributed by atoms with E-state index in [-0.39, 0.29) is 5.78 Å². The number of carbonyl (C=O) groups excluding carboxylic acids is 1. The van der Waals surface area contributed by atoms with E-state index >= 15 is 0 Å². The van der Waals surface area contributed by atoms with Crippen molar-refractivity contribution in [3.05, 3.63) is 113 Å². The van der Waals surface area contributed by atoms with Crippen molar-refractivity contribution in [1.29, 1.82) is 0 Å². The van der Waals surface area contributed by atoms with Crippen molar-refractivity contribution in [2.45, 2.75) is 20.4 Å². The maximum absolute atomic E-state index is 12.5. The summed E-state index contributed by atoms with van der Waals surface area (Å²) in [5.41, 5.74) is 6.68. The molecular formula is C26H23NO. The molecule has 2 nitrogen and oxygen atoms in total. The van der Waals surface area contributed by atoms with Gasteiger partial charge < -0.3 is 4.57 Å². The lowest BCUT2D eigenvalue weighted by molar-refractivity contribution is 0.104. The second-order valence-corrected chi connectivity index (χ2v) is 7.22. The van der Waals surface area contributed by atoms with Gasteiger partial charge in [-0.15, -0.1) is 0 Å². The maximum atomic E-state index is 12.5. The van der Waals surface area contributed by atoms with Gasteiger partial charge in [-0.2, -0.15) is 0 Å². The quantitative estimate of drug-likeness (QED) is 0.305. The van der Waals surface area contributed by atoms with Crippen molar-refractivity contribution >= 4 is 22.8 Å². The molecule has 4 aromatic rings. The van der Waals surface area contributed by atoms with Gasteiger partial charge in [0.2, 0.25) is 0 Å². The van der Waals surface area contributed by atoms with Crippen LogP contribution in [0.15, 0.2) is 85.1 Å². The van der Waals surface area contributed by atoms with Crippen LogP contribution in [0.5, 0.6) is 0 Å². The lowest BCUT2D eigenvalue weighted by Crippen LogP contribution is -1.99. The zero-order valence-corrected chi connectivity index (χ0v) is 16.2. The average Bonchev–Trinajstić information content (AvgIpc) is 3.06. The van der Waals surface area contributed by atoms with Gasteiger partial charge in [-0.3, -0.25) is 4.79 Å². The molecule has 1 aromatic heterocycles. The number of fused-ring (bicyclic) bond motifs is 1. The minimum Gasteiger partial charge on any atom is -0.342 e. The van der Waals surface area contributed by atoms with Gasteiger partial charge in [-0.05, 0) is 43.2 Å². The number of carbonyl (C=O) groups is 1. The van der Waals surface area contributed by atoms with Crippen LogP contribution in [0.25, 0.3) is 17.0 Å². The predicted molar refractivity (Wildman–Crippen MR) is 117 cm³/mol. The molecule has 0 atom stereocenters. The molecule has 0 aliphatic rings. The van der Waals surface area contributed by atoms with Crippen LogP contribution in [-0.2, 0) is 6.54 Å². The molecule has 0 fully saturated rings. The van der Waals surface area contributed by atoms with E-state index in [1.165, 1.54) is 16.6 Å². The number of aromatic nitrogens is 1. The summed E-state index contributed by atoms with van der Waals surface area (Å²) < 4.78 is 2.26. The van der Waals surface area contributed by atoms with Crippen LogP contribution >= 0.6 is 0 Å². The summed E-state index contributed by atoms with van der Waals surface area (Å²) in [7, 11) is 0. The Morgan fingerprint density at radius 1 is 0.893 bits per heavy atom. The highest BCUT2D eigenvalue weighted by Gasteiger charge is 2.08. The van der Waals surface area contributed by atoms with Crippen molar-refractivity contribution in [3.63, 3.8) is 0 Å². The molecule has 3 aromatic carbocycles. The second-order valence-electron chi connectivity index (χ2n) is 7.22. The van der Waals surface area contributed by atoms with Gasteiger partial charge in [0, 0.05) is 34.8 Å². The van der Waals surface area contributed by atoms with Gasteiger partial charge in [0.1, 0.15) is 0 Å². The Morgan fingerprint density at radius 2 is 1.61 bits per heavy atom. The predicted octanol–water partition coefficient (Wildman–Crippen LogP) is 6.20. The van der Waals surface area contributed by atoms with Gasteiger partial charge >= 0.3 is 0 Å². The first kappa shape index (κ1) is 18.0. The summed E-state index contributed by atoms with van der Waals surface area (Å²) in [4.78, 5) is 12.5. The van der Waals surface area contributed by atoms with Crippen LogP contribution in [0.2, 0.25) is 0 Å². The minimum atomic E-state index is 0.0238. The van der Waals surface area contributed by atoms with E-state index < -0.39 is 0 Å². The number of nitrogens with zero attached hydrogens (tertiary/aromatic N) is 1. The van der Waals surface area contributed by atoms with E-state index in [1.807, 2.05) is 43.3 Å². The van der Waals surface area contributed by atoms with Crippen molar-refractivity contribution in [1.82, 2.24) is 4.57 Å². The monoisotopic (exact) mass is 365 g/mol. The smallest absolute Gasteiger partial charge is 0.185 e. The molecule has 28 heavy (non-hydrogen) atoms. The van der Waals surface area contributed by atoms with Crippen LogP contribution in [0.4, 0.5) is 0 Å². The lowest BCUT2D eigenvalue weighted by atomic mass is 10.1. The summed E-state index contributed by atoms with van der Waals surface area (Å²) >= 11 is 0. The molecule has 0 spiro atoms. The molecule has 4 rings (SSSR count). The van der Waals surface area contributed by atoms with Crippen LogP contribution in [-0.4, -0.2) is 10.4 Å². The maximum Gasteiger partial charge on any atom is 0.185 e. The van der Waals surface area contributed by atoms with Crippen molar-refractivity contribution in [3.8, 4) is 0 Å². The molecule has 0 aliphatic heterocycles. The summed E-state index contributed by atoms with van der Waals surface area (Å²) in [6.07, 6.45) is 5.74. The highest BCUT2D eigenvalue weighted by Crippen LogP contribution is 2.24. The van der Waals surface area contributed by atoms with Crippen molar-refractivity contribution in [2.24, 2.45) is 0 Å². The molecule has 138 valence electrons. The number of hydrogen-bond acceptors (Lipinski definition) is 1. The number of rotatable bonds is 5. The summed E-state index contributed by atoms with van der Waals surface area (Å²) in [6, 6.07) is 24.5. The fraction of sp³-hybridized carbons (Fsp3) is 0.115. The van der Waals surface area contributed by atoms with E-state index in [9.17, 15) is 4.79 Å². The largest absolute Gasteiger partial charge is 0.342 e. The lowest BCUT2D eigenvalue weighted by Gasteiger charge is -2.08. The molecule has 0 unspecified atom stereocenters. The number of hydrogen-bond donors (Lipinski definition) is 0. The number of allylic oxidation sites excluding steroid dienone is 1. The molecule has 0 bridgehead atoms. The van der Waals surface area contributed by atoms with Crippen LogP contribution in [0.3, 0.4) is 0 Å². The molecule has 1 heterocycles. The zero-order chi connectivity index (χ0) is 19.5. The van der Waals surface area contributed by atoms with Gasteiger partial charge in [-0.25, -0.2) is 0 Å². The minimum absolute atomic E-state index is 0.0238. The molecule has 0 radical (unpaired) electrons. The topological polar surface area (TPSA) is 22.0 Å². The van der Waals surface area contributed by atoms with Gasteiger partial charge in [0.25, 0.3) is 0 Å². The highest BCUT2D eigenvalue weighted by atomic mass is 16.1. The molecule has 0 aliphatic carbocycles. The van der Waals surface area contributed by atoms with Crippen LogP contribution in [0.1, 0.15) is 32.6 Å². The molecular weight excluding hydrogens is 342 g/mol. The van der Waals surface area contributed by atoms with E-state index in [0.29, 0.717) is 5.56 Å². The van der Waals surface area contributed by atoms with Crippen LogP contribution < -0.4 is 0 Å². The Balaban J connectivity index is 1.67. The second kappa shape index (κ2) is 7.69. The number of para-hydroxylation sites is 1. The van der Waals surface area contributed by atoms with Crippen molar-refractivity contribution in [2.75, 3.05) is 0 Å². The molecule has 0 saturated carbocycles. The van der Waals surface area contributed by atoms with Gasteiger partial charge in [0.15, 0.2) is 5.78 Å². The van der Waals surface area contributed by atoms with Crippen LogP contribution in [0, 0.1) is 13.8 Å². The SMILES string of the molecule is Cc1ccc(C(=O)/C=C/c2cn(Cc3ccccc3C)c3ccccc23)cc1. The average molecular weight is 365 g/mol. The van der Waals surface area contributed by atoms with E-state index in [1.54, 1.807) is 6.08 Å². The fourth-order valence-corrected chi connectivity index (χ4v) is 3.49. The number of aryl methyl sites for hydroxylation is 2. The Hall–Kier alpha value is -3.39. The molecule has 0 saturated heterocycles. The van der Waals surface area contributed by atoms with Gasteiger partial charge in [0.05, 0.1) is 0 Å². The molecule has 0 amide bonds.